The molecular formula is C20H23FN4O6S2. The fourth-order valence-corrected chi connectivity index (χ4v) is 5.41. The average molecular weight is 499 g/mol. The number of anilines is 1. The molecule has 0 saturated carbocycles. The van der Waals surface area contributed by atoms with Gasteiger partial charge in [-0.25, -0.2) is 21.2 Å². The van der Waals surface area contributed by atoms with Crippen LogP contribution in [0.15, 0.2) is 41.3 Å². The quantitative estimate of drug-likeness (QED) is 0.480. The van der Waals surface area contributed by atoms with Crippen LogP contribution < -0.4 is 9.46 Å². The van der Waals surface area contributed by atoms with Crippen molar-refractivity contribution >= 4 is 25.8 Å². The topological polar surface area (TPSA) is 140 Å². The zero-order chi connectivity index (χ0) is 24.6. The Kier molecular flexibility index (Phi) is 6.77. The van der Waals surface area contributed by atoms with Gasteiger partial charge in [-0.2, -0.15) is 0 Å². The number of ether oxygens (including phenoxy) is 1. The second kappa shape index (κ2) is 9.08. The minimum atomic E-state index is -4.26. The summed E-state index contributed by atoms with van der Waals surface area (Å²) in [7, 11) is -6.71. The van der Waals surface area contributed by atoms with E-state index in [2.05, 4.69) is 14.9 Å². The molecule has 3 aromatic rings. The molecule has 0 aliphatic heterocycles. The van der Waals surface area contributed by atoms with Gasteiger partial charge in [-0.05, 0) is 37.6 Å². The van der Waals surface area contributed by atoms with Crippen molar-refractivity contribution in [3.63, 3.8) is 0 Å². The summed E-state index contributed by atoms with van der Waals surface area (Å²) in [6.45, 7) is 3.43. The van der Waals surface area contributed by atoms with E-state index >= 15 is 0 Å². The summed E-state index contributed by atoms with van der Waals surface area (Å²) in [5.41, 5.74) is 1.06. The lowest BCUT2D eigenvalue weighted by Crippen LogP contribution is -2.24. The Morgan fingerprint density at radius 1 is 1.15 bits per heavy atom. The number of aliphatic hydroxyl groups excluding tert-OH is 1. The van der Waals surface area contributed by atoms with Crippen LogP contribution in [0.3, 0.4) is 0 Å². The summed E-state index contributed by atoms with van der Waals surface area (Å²) < 4.78 is 72.3. The average Bonchev–Trinajstić information content (AvgIpc) is 3.05. The third-order valence-corrected chi connectivity index (χ3v) is 7.23. The summed E-state index contributed by atoms with van der Waals surface area (Å²) in [6, 6.07) is 8.00. The normalized spacial score (nSPS) is 13.0. The fourth-order valence-electron chi connectivity index (χ4n) is 3.36. The minimum absolute atomic E-state index is 0.144. The van der Waals surface area contributed by atoms with Gasteiger partial charge in [-0.3, -0.25) is 9.29 Å². The molecule has 2 aromatic carbocycles. The van der Waals surface area contributed by atoms with Gasteiger partial charge in [-0.1, -0.05) is 18.2 Å². The summed E-state index contributed by atoms with van der Waals surface area (Å²) in [6.07, 6.45) is -0.913. The molecule has 0 aliphatic carbocycles. The van der Waals surface area contributed by atoms with Crippen LogP contribution in [0, 0.1) is 19.7 Å². The van der Waals surface area contributed by atoms with Gasteiger partial charge in [0.1, 0.15) is 17.4 Å². The zero-order valence-electron chi connectivity index (χ0n) is 18.3. The number of sulfone groups is 1. The number of para-hydroxylation sites is 1. The second-order valence-corrected chi connectivity index (χ2v) is 11.1. The number of rotatable bonds is 8. The molecule has 33 heavy (non-hydrogen) atoms. The largest absolute Gasteiger partial charge is 0.495 e. The van der Waals surface area contributed by atoms with Gasteiger partial charge in [0, 0.05) is 11.8 Å². The molecule has 0 saturated heterocycles. The third-order valence-electron chi connectivity index (χ3n) is 4.83. The lowest BCUT2D eigenvalue weighted by Gasteiger charge is -2.18. The van der Waals surface area contributed by atoms with E-state index < -0.39 is 42.4 Å². The van der Waals surface area contributed by atoms with Crippen LogP contribution in [0.5, 0.6) is 5.75 Å². The van der Waals surface area contributed by atoms with Crippen molar-refractivity contribution < 1.29 is 31.1 Å². The molecule has 0 fully saturated rings. The van der Waals surface area contributed by atoms with Crippen molar-refractivity contribution in [2.75, 3.05) is 23.8 Å². The van der Waals surface area contributed by atoms with Crippen molar-refractivity contribution in [3.8, 4) is 11.4 Å². The van der Waals surface area contributed by atoms with E-state index in [-0.39, 0.29) is 11.5 Å². The van der Waals surface area contributed by atoms with Crippen molar-refractivity contribution in [3.05, 3.63) is 59.2 Å². The van der Waals surface area contributed by atoms with Gasteiger partial charge < -0.3 is 9.84 Å². The molecule has 0 aliphatic rings. The molecule has 0 amide bonds. The third kappa shape index (κ3) is 5.31. The monoisotopic (exact) mass is 498 g/mol. The molecule has 1 heterocycles. The smallest absolute Gasteiger partial charge is 0.243 e. The number of aromatic nitrogens is 3. The van der Waals surface area contributed by atoms with Crippen LogP contribution in [0.4, 0.5) is 10.3 Å². The first-order valence-electron chi connectivity index (χ1n) is 9.58. The van der Waals surface area contributed by atoms with E-state index in [9.17, 15) is 26.3 Å². The highest BCUT2D eigenvalue weighted by atomic mass is 32.2. The van der Waals surface area contributed by atoms with E-state index in [4.69, 9.17) is 4.74 Å². The van der Waals surface area contributed by atoms with Crippen molar-refractivity contribution in [2.24, 2.45) is 0 Å². The van der Waals surface area contributed by atoms with E-state index in [1.165, 1.54) is 11.7 Å². The second-order valence-electron chi connectivity index (χ2n) is 7.39. The Bertz CT molecular complexity index is 1400. The highest BCUT2D eigenvalue weighted by molar-refractivity contribution is 7.92. The number of nitrogens with zero attached hydrogens (tertiary/aromatic N) is 3. The zero-order valence-corrected chi connectivity index (χ0v) is 19.9. The summed E-state index contributed by atoms with van der Waals surface area (Å²) >= 11 is 0. The molecule has 3 rings (SSSR count). The van der Waals surface area contributed by atoms with Gasteiger partial charge in [0.2, 0.25) is 16.0 Å². The highest BCUT2D eigenvalue weighted by Crippen LogP contribution is 2.30. The molecule has 1 atom stereocenters. The first kappa shape index (κ1) is 24.6. The molecule has 0 unspecified atom stereocenters. The minimum Gasteiger partial charge on any atom is -0.495 e. The number of halogens is 1. The number of aliphatic hydroxyl groups is 1. The Morgan fingerprint density at radius 2 is 1.85 bits per heavy atom. The molecule has 10 nitrogen and oxygen atoms in total. The molecule has 1 aromatic heterocycles. The van der Waals surface area contributed by atoms with Crippen LogP contribution in [0.25, 0.3) is 5.69 Å². The van der Waals surface area contributed by atoms with E-state index in [0.29, 0.717) is 17.3 Å². The van der Waals surface area contributed by atoms with Crippen LogP contribution in [0.1, 0.15) is 23.1 Å². The van der Waals surface area contributed by atoms with E-state index in [1.54, 1.807) is 32.0 Å². The maximum Gasteiger partial charge on any atom is 0.243 e. The van der Waals surface area contributed by atoms with Crippen LogP contribution in [-0.2, 0) is 19.9 Å². The highest BCUT2D eigenvalue weighted by Gasteiger charge is 2.27. The standard InChI is InChI=1S/C20H23FN4O6S2/c1-12-6-5-7-17(31-3)19(12)25-13(2)22-23-20(25)24-33(29,30)11-16(26)15-9-8-14(21)10-18(15)32(4,27)28/h5-10,16,26H,11H2,1-4H3,(H,23,24)/t16-/m0/s1. The van der Waals surface area contributed by atoms with Gasteiger partial charge in [0.15, 0.2) is 9.84 Å². The van der Waals surface area contributed by atoms with Crippen molar-refractivity contribution in [1.82, 2.24) is 14.8 Å². The van der Waals surface area contributed by atoms with Crippen LogP contribution in [0.2, 0.25) is 0 Å². The predicted molar refractivity (Wildman–Crippen MR) is 119 cm³/mol. The maximum absolute atomic E-state index is 13.6. The van der Waals surface area contributed by atoms with Crippen LogP contribution in [-0.4, -0.2) is 55.8 Å². The lowest BCUT2D eigenvalue weighted by molar-refractivity contribution is 0.198. The Hall–Kier alpha value is -3.03. The number of benzene rings is 2. The maximum atomic E-state index is 13.6. The number of methoxy groups -OCH3 is 1. The first-order valence-corrected chi connectivity index (χ1v) is 13.1. The Balaban J connectivity index is 1.96. The van der Waals surface area contributed by atoms with Gasteiger partial charge in [0.05, 0.1) is 29.5 Å². The van der Waals surface area contributed by atoms with Crippen LogP contribution >= 0.6 is 0 Å². The van der Waals surface area contributed by atoms with Gasteiger partial charge in [0.25, 0.3) is 0 Å². The molecule has 0 radical (unpaired) electrons. The van der Waals surface area contributed by atoms with Gasteiger partial charge in [-0.15, -0.1) is 10.2 Å². The number of sulfonamides is 1. The Morgan fingerprint density at radius 3 is 2.48 bits per heavy atom. The van der Waals surface area contributed by atoms with E-state index in [1.807, 2.05) is 0 Å². The number of hydrogen-bond acceptors (Lipinski definition) is 8. The molecule has 13 heteroatoms. The number of aryl methyl sites for hydroxylation is 2. The molecule has 0 spiro atoms. The molecule has 2 N–H and O–H groups in total. The molecule has 178 valence electrons. The number of nitrogens with one attached hydrogen (secondary N) is 1. The fraction of sp³-hybridized carbons (Fsp3) is 0.300. The summed E-state index contributed by atoms with van der Waals surface area (Å²) in [5, 5.41) is 18.3. The summed E-state index contributed by atoms with van der Waals surface area (Å²) in [4.78, 5) is -0.492. The summed E-state index contributed by atoms with van der Waals surface area (Å²) in [5.74, 6) is -1.04. The van der Waals surface area contributed by atoms with Crippen molar-refractivity contribution in [1.29, 1.82) is 0 Å². The molecular weight excluding hydrogens is 475 g/mol. The predicted octanol–water partition coefficient (Wildman–Crippen LogP) is 1.91. The van der Waals surface area contributed by atoms with E-state index in [0.717, 1.165) is 30.0 Å². The number of hydrogen-bond donors (Lipinski definition) is 2. The lowest BCUT2D eigenvalue weighted by atomic mass is 10.1. The first-order chi connectivity index (χ1) is 15.3. The van der Waals surface area contributed by atoms with Gasteiger partial charge >= 0.3 is 0 Å². The molecule has 0 bridgehead atoms. The SMILES string of the molecule is COc1cccc(C)c1-n1c(C)nnc1NS(=O)(=O)C[C@H](O)c1ccc(F)cc1S(C)(=O)=O. The van der Waals surface area contributed by atoms with Crippen molar-refractivity contribution in [2.45, 2.75) is 24.8 Å². The Labute approximate surface area is 191 Å².